The van der Waals surface area contributed by atoms with Crippen LogP contribution in [0.4, 0.5) is 0 Å². The largest absolute Gasteiger partial charge is 0.340 e. The predicted molar refractivity (Wildman–Crippen MR) is 124 cm³/mol. The van der Waals surface area contributed by atoms with Crippen LogP contribution in [0, 0.1) is 11.3 Å². The number of rotatable bonds is 4. The summed E-state index contributed by atoms with van der Waals surface area (Å²) in [6, 6.07) is 7.96. The number of benzene rings is 1. The lowest BCUT2D eigenvalue weighted by Gasteiger charge is -2.49. The second-order valence-corrected chi connectivity index (χ2v) is 10.9. The number of carbonyl (C=O) groups is 2. The number of piperazine rings is 1. The van der Waals surface area contributed by atoms with E-state index in [2.05, 4.69) is 43.6 Å². The third kappa shape index (κ3) is 4.39. The number of hydrogen-bond acceptors (Lipinski definition) is 3. The molecule has 0 spiro atoms. The van der Waals surface area contributed by atoms with Crippen LogP contribution in [0.1, 0.15) is 75.7 Å². The molecule has 5 heteroatoms. The molecule has 0 unspecified atom stereocenters. The van der Waals surface area contributed by atoms with Crippen LogP contribution in [0.5, 0.6) is 0 Å². The molecule has 1 aromatic carbocycles. The third-order valence-electron chi connectivity index (χ3n) is 8.19. The molecule has 0 aromatic heterocycles. The number of amides is 2. The summed E-state index contributed by atoms with van der Waals surface area (Å²) in [4.78, 5) is 33.4. The van der Waals surface area contributed by atoms with Gasteiger partial charge in [-0.3, -0.25) is 9.59 Å². The van der Waals surface area contributed by atoms with Gasteiger partial charge in [0.2, 0.25) is 5.91 Å². The van der Waals surface area contributed by atoms with Crippen LogP contribution in [0.3, 0.4) is 0 Å². The number of likely N-dealkylation sites (N-methyl/N-ethyl adjacent to an activating group) is 1. The van der Waals surface area contributed by atoms with Gasteiger partial charge in [-0.25, -0.2) is 0 Å². The number of fused-ring (bicyclic) bond motifs is 1. The molecule has 2 fully saturated rings. The van der Waals surface area contributed by atoms with E-state index in [9.17, 15) is 9.59 Å². The molecule has 0 radical (unpaired) electrons. The van der Waals surface area contributed by atoms with Crippen molar-refractivity contribution in [2.75, 3.05) is 32.7 Å². The molecular weight excluding hydrogens is 386 g/mol. The lowest BCUT2D eigenvalue weighted by molar-refractivity contribution is -0.136. The molecule has 1 saturated carbocycles. The van der Waals surface area contributed by atoms with E-state index in [4.69, 9.17) is 0 Å². The van der Waals surface area contributed by atoms with E-state index >= 15 is 0 Å². The van der Waals surface area contributed by atoms with Gasteiger partial charge in [0.15, 0.2) is 0 Å². The summed E-state index contributed by atoms with van der Waals surface area (Å²) in [6.07, 6.45) is 4.49. The van der Waals surface area contributed by atoms with Crippen LogP contribution >= 0.6 is 0 Å². The maximum absolute atomic E-state index is 13.5. The minimum atomic E-state index is -0.350. The van der Waals surface area contributed by atoms with E-state index in [0.29, 0.717) is 18.9 Å². The maximum atomic E-state index is 13.5. The molecule has 0 bridgehead atoms. The average Bonchev–Trinajstić information content (AvgIpc) is 3.11. The summed E-state index contributed by atoms with van der Waals surface area (Å²) in [6.45, 7) is 14.3. The van der Waals surface area contributed by atoms with Crippen LogP contribution in [-0.4, -0.2) is 64.8 Å². The topological polar surface area (TPSA) is 43.9 Å². The number of nitrogens with zero attached hydrogens (tertiary/aromatic N) is 3. The van der Waals surface area contributed by atoms with E-state index in [0.717, 1.165) is 69.5 Å². The van der Waals surface area contributed by atoms with Crippen LogP contribution in [0.25, 0.3) is 0 Å². The Morgan fingerprint density at radius 2 is 1.71 bits per heavy atom. The molecule has 4 rings (SSSR count). The first-order chi connectivity index (χ1) is 14.7. The smallest absolute Gasteiger partial charge is 0.254 e. The fourth-order valence-electron chi connectivity index (χ4n) is 5.91. The van der Waals surface area contributed by atoms with Gasteiger partial charge in [0.25, 0.3) is 5.91 Å². The minimum absolute atomic E-state index is 0.119. The lowest BCUT2D eigenvalue weighted by Crippen LogP contribution is -2.56. The first-order valence-corrected chi connectivity index (χ1v) is 12.1. The van der Waals surface area contributed by atoms with Gasteiger partial charge in [-0.05, 0) is 55.2 Å². The SMILES string of the molecule is CCN1CCN(C(=O)CC2(N3Cc4ccccc4C3=O)CCC(C(C)(C)C)CC2)CC1. The van der Waals surface area contributed by atoms with E-state index in [-0.39, 0.29) is 22.8 Å². The molecular formula is C26H39N3O2. The van der Waals surface area contributed by atoms with Crippen molar-refractivity contribution in [1.82, 2.24) is 14.7 Å². The van der Waals surface area contributed by atoms with Gasteiger partial charge in [0.05, 0.1) is 12.0 Å². The zero-order valence-corrected chi connectivity index (χ0v) is 19.8. The van der Waals surface area contributed by atoms with Gasteiger partial charge >= 0.3 is 0 Å². The summed E-state index contributed by atoms with van der Waals surface area (Å²) < 4.78 is 0. The van der Waals surface area contributed by atoms with Crippen LogP contribution < -0.4 is 0 Å². The number of hydrogen-bond donors (Lipinski definition) is 0. The third-order valence-corrected chi connectivity index (χ3v) is 8.19. The van der Waals surface area contributed by atoms with Crippen molar-refractivity contribution >= 4 is 11.8 Å². The second-order valence-electron chi connectivity index (χ2n) is 10.9. The zero-order chi connectivity index (χ0) is 22.2. The Bertz CT molecular complexity index is 812. The van der Waals surface area contributed by atoms with Gasteiger partial charge in [0.1, 0.15) is 0 Å². The average molecular weight is 426 g/mol. The highest BCUT2D eigenvalue weighted by Gasteiger charge is 2.48. The van der Waals surface area contributed by atoms with E-state index in [1.165, 1.54) is 0 Å². The van der Waals surface area contributed by atoms with Gasteiger partial charge in [-0.15, -0.1) is 0 Å². The molecule has 2 amide bonds. The molecule has 5 nitrogen and oxygen atoms in total. The van der Waals surface area contributed by atoms with E-state index in [1.807, 2.05) is 23.1 Å². The van der Waals surface area contributed by atoms with Crippen molar-refractivity contribution in [3.8, 4) is 0 Å². The summed E-state index contributed by atoms with van der Waals surface area (Å²) in [5, 5.41) is 0. The molecule has 1 aliphatic carbocycles. The molecule has 2 heterocycles. The van der Waals surface area contributed by atoms with Crippen LogP contribution in [-0.2, 0) is 11.3 Å². The zero-order valence-electron chi connectivity index (χ0n) is 19.8. The Morgan fingerprint density at radius 1 is 1.06 bits per heavy atom. The van der Waals surface area contributed by atoms with Gasteiger partial charge in [-0.1, -0.05) is 45.9 Å². The minimum Gasteiger partial charge on any atom is -0.340 e. The standard InChI is InChI=1S/C26H39N3O2/c1-5-27-14-16-28(17-15-27)23(30)18-26(12-10-21(11-13-26)25(2,3)4)29-19-20-8-6-7-9-22(20)24(29)31/h6-9,21H,5,10-19H2,1-4H3. The monoisotopic (exact) mass is 425 g/mol. The Hall–Kier alpha value is -1.88. The van der Waals surface area contributed by atoms with Crippen LogP contribution in [0.15, 0.2) is 24.3 Å². The maximum Gasteiger partial charge on any atom is 0.254 e. The van der Waals surface area contributed by atoms with Gasteiger partial charge in [0, 0.05) is 38.3 Å². The molecule has 170 valence electrons. The highest BCUT2D eigenvalue weighted by molar-refractivity contribution is 5.99. The van der Waals surface area contributed by atoms with Gasteiger partial charge < -0.3 is 14.7 Å². The van der Waals surface area contributed by atoms with E-state index < -0.39 is 0 Å². The molecule has 0 N–H and O–H groups in total. The fraction of sp³-hybridized carbons (Fsp3) is 0.692. The lowest BCUT2D eigenvalue weighted by atomic mass is 9.66. The van der Waals surface area contributed by atoms with Crippen molar-refractivity contribution < 1.29 is 9.59 Å². The fourth-order valence-corrected chi connectivity index (χ4v) is 5.91. The summed E-state index contributed by atoms with van der Waals surface area (Å²) in [5.41, 5.74) is 1.85. The summed E-state index contributed by atoms with van der Waals surface area (Å²) in [7, 11) is 0. The number of carbonyl (C=O) groups excluding carboxylic acids is 2. The summed E-state index contributed by atoms with van der Waals surface area (Å²) >= 11 is 0. The first kappa shape index (κ1) is 22.3. The molecule has 31 heavy (non-hydrogen) atoms. The molecule has 0 atom stereocenters. The highest BCUT2D eigenvalue weighted by Crippen LogP contribution is 2.47. The van der Waals surface area contributed by atoms with Crippen molar-refractivity contribution in [3.05, 3.63) is 35.4 Å². The quantitative estimate of drug-likeness (QED) is 0.727. The van der Waals surface area contributed by atoms with Crippen LogP contribution in [0.2, 0.25) is 0 Å². The molecule has 3 aliphatic rings. The Kier molecular flexibility index (Phi) is 6.17. The Balaban J connectivity index is 1.55. The van der Waals surface area contributed by atoms with Crippen molar-refractivity contribution in [3.63, 3.8) is 0 Å². The molecule has 2 aliphatic heterocycles. The highest BCUT2D eigenvalue weighted by atomic mass is 16.2. The van der Waals surface area contributed by atoms with Crippen molar-refractivity contribution in [1.29, 1.82) is 0 Å². The van der Waals surface area contributed by atoms with E-state index in [1.54, 1.807) is 0 Å². The second kappa shape index (κ2) is 8.57. The van der Waals surface area contributed by atoms with Crippen molar-refractivity contribution in [2.45, 2.75) is 71.9 Å². The van der Waals surface area contributed by atoms with Crippen molar-refractivity contribution in [2.24, 2.45) is 11.3 Å². The molecule has 1 saturated heterocycles. The Morgan fingerprint density at radius 3 is 2.29 bits per heavy atom. The van der Waals surface area contributed by atoms with Gasteiger partial charge in [-0.2, -0.15) is 0 Å². The normalized spacial score (nSPS) is 27.5. The molecule has 1 aromatic rings. The summed E-state index contributed by atoms with van der Waals surface area (Å²) in [5.74, 6) is 0.992. The predicted octanol–water partition coefficient (Wildman–Crippen LogP) is 4.17. The first-order valence-electron chi connectivity index (χ1n) is 12.1. The Labute approximate surface area is 187 Å².